The molecule has 0 aliphatic carbocycles. The number of hydrogen-bond acceptors (Lipinski definition) is 6. The fourth-order valence-corrected chi connectivity index (χ4v) is 4.39. The molecule has 0 unspecified atom stereocenters. The molecule has 0 atom stereocenters. The molecule has 0 amide bonds. The SMILES string of the molecule is NS(=O)(=O)c1cccc(-c2csc3ccccc23)c1-c1nn[nH]n1. The Hall–Kier alpha value is -2.62. The first-order valence-corrected chi connectivity index (χ1v) is 9.34. The number of hydrogen-bond donors (Lipinski definition) is 2. The monoisotopic (exact) mass is 357 g/mol. The van der Waals surface area contributed by atoms with E-state index in [1.165, 1.54) is 6.07 Å². The maximum Gasteiger partial charge on any atom is 0.238 e. The molecule has 2 heterocycles. The summed E-state index contributed by atoms with van der Waals surface area (Å²) < 4.78 is 25.2. The molecule has 4 rings (SSSR count). The van der Waals surface area contributed by atoms with Crippen molar-refractivity contribution in [3.05, 3.63) is 47.8 Å². The summed E-state index contributed by atoms with van der Waals surface area (Å²) in [5.74, 6) is 0.185. The van der Waals surface area contributed by atoms with Gasteiger partial charge in [0.2, 0.25) is 15.8 Å². The standard InChI is InChI=1S/C15H11N5O2S2/c16-24(21,22)13-7-3-5-10(14(13)15-17-19-20-18-15)11-8-23-12-6-2-1-4-9(11)12/h1-8H,(H2,16,21,22)(H,17,18,19,20). The lowest BCUT2D eigenvalue weighted by atomic mass is 9.98. The molecule has 24 heavy (non-hydrogen) atoms. The topological polar surface area (TPSA) is 115 Å². The van der Waals surface area contributed by atoms with Gasteiger partial charge in [-0.1, -0.05) is 30.3 Å². The molecule has 0 aliphatic heterocycles. The maximum absolute atomic E-state index is 12.0. The third-order valence-corrected chi connectivity index (χ3v) is 5.59. The summed E-state index contributed by atoms with van der Waals surface area (Å²) in [7, 11) is -3.94. The number of aromatic amines is 1. The van der Waals surface area contributed by atoms with E-state index >= 15 is 0 Å². The Labute approximate surface area is 141 Å². The fourth-order valence-electron chi connectivity index (χ4n) is 2.68. The van der Waals surface area contributed by atoms with Crippen LogP contribution < -0.4 is 5.14 Å². The molecule has 2 aromatic heterocycles. The van der Waals surface area contributed by atoms with E-state index in [9.17, 15) is 8.42 Å². The zero-order valence-electron chi connectivity index (χ0n) is 12.2. The number of sulfonamides is 1. The molecule has 4 aromatic rings. The van der Waals surface area contributed by atoms with Crippen molar-refractivity contribution in [1.82, 2.24) is 20.6 Å². The van der Waals surface area contributed by atoms with Crippen LogP contribution in [-0.2, 0) is 10.0 Å². The van der Waals surface area contributed by atoms with Gasteiger partial charge in [0.15, 0.2) is 0 Å². The Bertz CT molecular complexity index is 1130. The lowest BCUT2D eigenvalue weighted by Crippen LogP contribution is -2.14. The summed E-state index contributed by atoms with van der Waals surface area (Å²) in [6, 6.07) is 12.8. The molecule has 120 valence electrons. The van der Waals surface area contributed by atoms with Crippen molar-refractivity contribution in [3.8, 4) is 22.5 Å². The van der Waals surface area contributed by atoms with Crippen LogP contribution in [0.15, 0.2) is 52.7 Å². The van der Waals surface area contributed by atoms with E-state index in [4.69, 9.17) is 5.14 Å². The van der Waals surface area contributed by atoms with E-state index in [1.54, 1.807) is 17.4 Å². The highest BCUT2D eigenvalue weighted by Crippen LogP contribution is 2.40. The van der Waals surface area contributed by atoms with Crippen molar-refractivity contribution in [2.24, 2.45) is 5.14 Å². The molecule has 3 N–H and O–H groups in total. The molecule has 2 aromatic carbocycles. The van der Waals surface area contributed by atoms with Gasteiger partial charge < -0.3 is 0 Å². The van der Waals surface area contributed by atoms with Crippen molar-refractivity contribution >= 4 is 31.4 Å². The normalized spacial score (nSPS) is 11.9. The third-order valence-electron chi connectivity index (χ3n) is 3.67. The first-order chi connectivity index (χ1) is 11.6. The highest BCUT2D eigenvalue weighted by atomic mass is 32.2. The molecule has 0 spiro atoms. The quantitative estimate of drug-likeness (QED) is 0.584. The van der Waals surface area contributed by atoms with Gasteiger partial charge in [0.1, 0.15) is 0 Å². The van der Waals surface area contributed by atoms with Crippen molar-refractivity contribution < 1.29 is 8.42 Å². The van der Waals surface area contributed by atoms with E-state index < -0.39 is 10.0 Å². The van der Waals surface area contributed by atoms with Crippen LogP contribution in [-0.4, -0.2) is 29.0 Å². The summed E-state index contributed by atoms with van der Waals surface area (Å²) >= 11 is 1.58. The predicted molar refractivity (Wildman–Crippen MR) is 91.8 cm³/mol. The molecule has 7 nitrogen and oxygen atoms in total. The highest BCUT2D eigenvalue weighted by Gasteiger charge is 2.23. The van der Waals surface area contributed by atoms with Gasteiger partial charge >= 0.3 is 0 Å². The highest BCUT2D eigenvalue weighted by molar-refractivity contribution is 7.89. The number of tetrazole rings is 1. The second-order valence-corrected chi connectivity index (χ2v) is 7.55. The van der Waals surface area contributed by atoms with Crippen LogP contribution in [0, 0.1) is 0 Å². The number of H-pyrrole nitrogens is 1. The molecule has 9 heteroatoms. The Kier molecular flexibility index (Phi) is 3.41. The maximum atomic E-state index is 12.0. The van der Waals surface area contributed by atoms with Crippen molar-refractivity contribution in [1.29, 1.82) is 0 Å². The molecule has 0 radical (unpaired) electrons. The molecule has 0 saturated carbocycles. The second-order valence-electron chi connectivity index (χ2n) is 5.10. The van der Waals surface area contributed by atoms with E-state index in [0.717, 1.165) is 15.6 Å². The lowest BCUT2D eigenvalue weighted by Gasteiger charge is -2.10. The van der Waals surface area contributed by atoms with Gasteiger partial charge in [0.05, 0.1) is 10.5 Å². The number of fused-ring (bicyclic) bond motifs is 1. The Morgan fingerprint density at radius 1 is 1.04 bits per heavy atom. The molecular formula is C15H11N5O2S2. The first kappa shape index (κ1) is 14.9. The Morgan fingerprint density at radius 2 is 1.88 bits per heavy atom. The van der Waals surface area contributed by atoms with Crippen LogP contribution in [0.2, 0.25) is 0 Å². The van der Waals surface area contributed by atoms with Gasteiger partial charge in [0.25, 0.3) is 0 Å². The Balaban J connectivity index is 2.10. The number of primary sulfonamides is 1. The van der Waals surface area contributed by atoms with Gasteiger partial charge in [-0.05, 0) is 28.3 Å². The number of aromatic nitrogens is 4. The summed E-state index contributed by atoms with van der Waals surface area (Å²) in [5, 5.41) is 22.2. The van der Waals surface area contributed by atoms with Crippen LogP contribution in [0.3, 0.4) is 0 Å². The molecule has 0 saturated heterocycles. The largest absolute Gasteiger partial charge is 0.238 e. The fraction of sp³-hybridized carbons (Fsp3) is 0. The van der Waals surface area contributed by atoms with Gasteiger partial charge in [-0.2, -0.15) is 5.21 Å². The van der Waals surface area contributed by atoms with Gasteiger partial charge in [-0.25, -0.2) is 13.6 Å². The minimum Gasteiger partial charge on any atom is -0.225 e. The van der Waals surface area contributed by atoms with Crippen LogP contribution in [0.25, 0.3) is 32.6 Å². The first-order valence-electron chi connectivity index (χ1n) is 6.92. The number of rotatable bonds is 3. The van der Waals surface area contributed by atoms with Gasteiger partial charge in [-0.3, -0.25) is 0 Å². The lowest BCUT2D eigenvalue weighted by molar-refractivity contribution is 0.598. The number of benzene rings is 2. The number of thiophene rings is 1. The van der Waals surface area contributed by atoms with E-state index in [-0.39, 0.29) is 10.7 Å². The summed E-state index contributed by atoms with van der Waals surface area (Å²) in [4.78, 5) is -0.0309. The van der Waals surface area contributed by atoms with Crippen molar-refractivity contribution in [2.75, 3.05) is 0 Å². The summed E-state index contributed by atoms with van der Waals surface area (Å²) in [6.45, 7) is 0. The average molecular weight is 357 g/mol. The van der Waals surface area contributed by atoms with E-state index in [1.807, 2.05) is 35.7 Å². The van der Waals surface area contributed by atoms with Crippen LogP contribution in [0.1, 0.15) is 0 Å². The molecule has 0 bridgehead atoms. The number of nitrogens with two attached hydrogens (primary N) is 1. The zero-order valence-corrected chi connectivity index (χ0v) is 13.8. The van der Waals surface area contributed by atoms with E-state index in [2.05, 4.69) is 20.6 Å². The molecule has 0 fully saturated rings. The average Bonchev–Trinajstić information content (AvgIpc) is 3.23. The zero-order chi connectivity index (χ0) is 16.7. The summed E-state index contributed by atoms with van der Waals surface area (Å²) in [5.41, 5.74) is 1.94. The minimum atomic E-state index is -3.94. The number of nitrogens with one attached hydrogen (secondary N) is 1. The van der Waals surface area contributed by atoms with Crippen LogP contribution in [0.5, 0.6) is 0 Å². The van der Waals surface area contributed by atoms with Crippen LogP contribution >= 0.6 is 11.3 Å². The summed E-state index contributed by atoms with van der Waals surface area (Å²) in [6.07, 6.45) is 0. The Morgan fingerprint density at radius 3 is 2.62 bits per heavy atom. The molecule has 0 aliphatic rings. The second kappa shape index (κ2) is 5.48. The van der Waals surface area contributed by atoms with Crippen molar-refractivity contribution in [3.63, 3.8) is 0 Å². The van der Waals surface area contributed by atoms with Crippen LogP contribution in [0.4, 0.5) is 0 Å². The van der Waals surface area contributed by atoms with Gasteiger partial charge in [-0.15, -0.1) is 21.5 Å². The minimum absolute atomic E-state index is 0.0309. The van der Waals surface area contributed by atoms with Crippen molar-refractivity contribution in [2.45, 2.75) is 4.90 Å². The third kappa shape index (κ3) is 2.39. The number of nitrogens with zero attached hydrogens (tertiary/aromatic N) is 3. The molecular weight excluding hydrogens is 346 g/mol. The predicted octanol–water partition coefficient (Wildman–Crippen LogP) is 2.40. The van der Waals surface area contributed by atoms with E-state index in [0.29, 0.717) is 11.1 Å². The smallest absolute Gasteiger partial charge is 0.225 e. The van der Waals surface area contributed by atoms with Gasteiger partial charge in [0, 0.05) is 15.6 Å².